The molecule has 4 nitrogen and oxygen atoms in total. The highest BCUT2D eigenvalue weighted by Gasteiger charge is 2.26. The van der Waals surface area contributed by atoms with Crippen molar-refractivity contribution in [3.8, 4) is 5.75 Å². The van der Waals surface area contributed by atoms with Gasteiger partial charge in [0.2, 0.25) is 5.91 Å². The molecule has 6 heteroatoms. The number of benzene rings is 2. The van der Waals surface area contributed by atoms with E-state index in [1.54, 1.807) is 7.11 Å². The average Bonchev–Trinajstić information content (AvgIpc) is 3.22. The predicted octanol–water partition coefficient (Wildman–Crippen LogP) is 4.39. The van der Waals surface area contributed by atoms with Crippen LogP contribution in [0.25, 0.3) is 0 Å². The number of ether oxygens (including phenoxy) is 1. The van der Waals surface area contributed by atoms with E-state index in [1.807, 2.05) is 42.5 Å². The zero-order valence-corrected chi connectivity index (χ0v) is 17.1. The zero-order valence-electron chi connectivity index (χ0n) is 15.5. The summed E-state index contributed by atoms with van der Waals surface area (Å²) < 4.78 is 5.55. The number of para-hydroxylation sites is 1. The molecule has 3 rings (SSSR count). The predicted molar refractivity (Wildman–Crippen MR) is 112 cm³/mol. The quantitative estimate of drug-likeness (QED) is 0.662. The lowest BCUT2D eigenvalue weighted by Crippen LogP contribution is -2.37. The summed E-state index contributed by atoms with van der Waals surface area (Å²) in [5.74, 6) is 1.23. The molecule has 0 radical (unpaired) electrons. The van der Waals surface area contributed by atoms with Gasteiger partial charge in [-0.25, -0.2) is 0 Å². The molecule has 27 heavy (non-hydrogen) atoms. The van der Waals surface area contributed by atoms with Crippen LogP contribution in [0.3, 0.4) is 0 Å². The molecule has 1 heterocycles. The third-order valence-corrected chi connectivity index (χ3v) is 6.28. The van der Waals surface area contributed by atoms with Crippen LogP contribution in [-0.4, -0.2) is 43.3 Å². The van der Waals surface area contributed by atoms with Gasteiger partial charge >= 0.3 is 0 Å². The van der Waals surface area contributed by atoms with E-state index < -0.39 is 0 Å². The number of nitrogens with one attached hydrogen (secondary N) is 1. The first-order chi connectivity index (χ1) is 13.2. The Labute approximate surface area is 170 Å². The molecule has 0 spiro atoms. The van der Waals surface area contributed by atoms with Gasteiger partial charge in [-0.3, -0.25) is 9.69 Å². The van der Waals surface area contributed by atoms with Gasteiger partial charge in [-0.1, -0.05) is 41.9 Å². The van der Waals surface area contributed by atoms with Crippen LogP contribution in [0.15, 0.2) is 53.4 Å². The second-order valence-electron chi connectivity index (χ2n) is 6.52. The number of rotatable bonds is 8. The van der Waals surface area contributed by atoms with Gasteiger partial charge in [0, 0.05) is 17.0 Å². The summed E-state index contributed by atoms with van der Waals surface area (Å²) in [5, 5.41) is 3.78. The van der Waals surface area contributed by atoms with Crippen LogP contribution in [0, 0.1) is 0 Å². The summed E-state index contributed by atoms with van der Waals surface area (Å²) in [4.78, 5) is 15.8. The summed E-state index contributed by atoms with van der Waals surface area (Å²) in [7, 11) is 1.69. The Bertz CT molecular complexity index is 765. The van der Waals surface area contributed by atoms with Gasteiger partial charge in [0.25, 0.3) is 0 Å². The van der Waals surface area contributed by atoms with Gasteiger partial charge in [-0.15, -0.1) is 11.8 Å². The molecule has 1 unspecified atom stereocenters. The van der Waals surface area contributed by atoms with Crippen LogP contribution < -0.4 is 10.1 Å². The zero-order chi connectivity index (χ0) is 19.1. The van der Waals surface area contributed by atoms with E-state index in [0.717, 1.165) is 29.3 Å². The third kappa shape index (κ3) is 5.41. The van der Waals surface area contributed by atoms with E-state index >= 15 is 0 Å². The van der Waals surface area contributed by atoms with Gasteiger partial charge in [-0.2, -0.15) is 0 Å². The van der Waals surface area contributed by atoms with Crippen LogP contribution in [0.5, 0.6) is 5.75 Å². The van der Waals surface area contributed by atoms with Gasteiger partial charge in [0.1, 0.15) is 5.75 Å². The topological polar surface area (TPSA) is 41.6 Å². The molecule has 2 aromatic carbocycles. The number of likely N-dealkylation sites (tertiary alicyclic amines) is 1. The number of hydrogen-bond acceptors (Lipinski definition) is 4. The van der Waals surface area contributed by atoms with Crippen LogP contribution in [-0.2, 0) is 4.79 Å². The SMILES string of the molecule is COc1ccccc1C(CNC(=O)CSc1ccccc1Cl)N1CCCC1. The van der Waals surface area contributed by atoms with E-state index in [9.17, 15) is 4.79 Å². The number of methoxy groups -OCH3 is 1. The van der Waals surface area contributed by atoms with Gasteiger partial charge < -0.3 is 10.1 Å². The minimum absolute atomic E-state index is 0.0130. The highest BCUT2D eigenvalue weighted by atomic mass is 35.5. The molecule has 1 amide bonds. The van der Waals surface area contributed by atoms with E-state index in [-0.39, 0.29) is 11.9 Å². The number of amides is 1. The fourth-order valence-corrected chi connectivity index (χ4v) is 4.47. The lowest BCUT2D eigenvalue weighted by Gasteiger charge is -2.29. The molecule has 2 aromatic rings. The summed E-state index contributed by atoms with van der Waals surface area (Å²) in [5.41, 5.74) is 1.13. The number of carbonyl (C=O) groups is 1. The van der Waals surface area contributed by atoms with E-state index in [0.29, 0.717) is 17.3 Å². The van der Waals surface area contributed by atoms with E-state index in [1.165, 1.54) is 24.6 Å². The number of carbonyl (C=O) groups excluding carboxylic acids is 1. The van der Waals surface area contributed by atoms with Crippen molar-refractivity contribution in [2.24, 2.45) is 0 Å². The number of nitrogens with zero attached hydrogens (tertiary/aromatic N) is 1. The van der Waals surface area contributed by atoms with Crippen molar-refractivity contribution in [2.45, 2.75) is 23.8 Å². The average molecular weight is 405 g/mol. The summed E-state index contributed by atoms with van der Waals surface area (Å²) in [6.07, 6.45) is 2.39. The molecule has 1 fully saturated rings. The van der Waals surface area contributed by atoms with Crippen LogP contribution in [0.1, 0.15) is 24.4 Å². The lowest BCUT2D eigenvalue weighted by atomic mass is 10.0. The third-order valence-electron chi connectivity index (χ3n) is 4.77. The van der Waals surface area contributed by atoms with Crippen molar-refractivity contribution >= 4 is 29.3 Å². The van der Waals surface area contributed by atoms with E-state index in [4.69, 9.17) is 16.3 Å². The Balaban J connectivity index is 1.62. The summed E-state index contributed by atoms with van der Waals surface area (Å²) >= 11 is 7.62. The maximum absolute atomic E-state index is 12.4. The molecular formula is C21H25ClN2O2S. The van der Waals surface area contributed by atoms with Crippen molar-refractivity contribution in [1.82, 2.24) is 10.2 Å². The molecule has 1 N–H and O–H groups in total. The first kappa shape index (κ1) is 20.1. The largest absolute Gasteiger partial charge is 0.496 e. The van der Waals surface area contributed by atoms with Crippen LogP contribution >= 0.6 is 23.4 Å². The highest BCUT2D eigenvalue weighted by molar-refractivity contribution is 8.00. The van der Waals surface area contributed by atoms with Crippen LogP contribution in [0.2, 0.25) is 5.02 Å². The normalized spacial score (nSPS) is 15.5. The van der Waals surface area contributed by atoms with Gasteiger partial charge in [0.15, 0.2) is 0 Å². The number of thioether (sulfide) groups is 1. The standard InChI is InChI=1S/C21H25ClN2O2S/c1-26-19-10-4-2-8-16(19)18(24-12-6-7-13-24)14-23-21(25)15-27-20-11-5-3-9-17(20)22/h2-5,8-11,18H,6-7,12-15H2,1H3,(H,23,25). The molecule has 144 valence electrons. The molecule has 1 aliphatic heterocycles. The molecule has 1 saturated heterocycles. The Kier molecular flexibility index (Phi) is 7.44. The fraction of sp³-hybridized carbons (Fsp3) is 0.381. The highest BCUT2D eigenvalue weighted by Crippen LogP contribution is 2.31. The Morgan fingerprint density at radius 2 is 1.89 bits per heavy atom. The minimum atomic E-state index is 0.0130. The number of halogens is 1. The number of hydrogen-bond donors (Lipinski definition) is 1. The maximum atomic E-state index is 12.4. The lowest BCUT2D eigenvalue weighted by molar-refractivity contribution is -0.118. The first-order valence-corrected chi connectivity index (χ1v) is 10.6. The van der Waals surface area contributed by atoms with Crippen molar-refractivity contribution < 1.29 is 9.53 Å². The van der Waals surface area contributed by atoms with Gasteiger partial charge in [-0.05, 0) is 44.1 Å². The Morgan fingerprint density at radius 3 is 2.63 bits per heavy atom. The molecule has 0 saturated carbocycles. The Morgan fingerprint density at radius 1 is 1.19 bits per heavy atom. The smallest absolute Gasteiger partial charge is 0.230 e. The molecule has 0 aliphatic carbocycles. The molecule has 1 atom stereocenters. The maximum Gasteiger partial charge on any atom is 0.230 e. The first-order valence-electron chi connectivity index (χ1n) is 9.20. The van der Waals surface area contributed by atoms with E-state index in [2.05, 4.69) is 16.3 Å². The fourth-order valence-electron chi connectivity index (χ4n) is 3.40. The monoisotopic (exact) mass is 404 g/mol. The van der Waals surface area contributed by atoms with Gasteiger partial charge in [0.05, 0.1) is 23.9 Å². The van der Waals surface area contributed by atoms with Crippen molar-refractivity contribution in [2.75, 3.05) is 32.5 Å². The summed E-state index contributed by atoms with van der Waals surface area (Å²) in [6.45, 7) is 2.67. The molecule has 0 bridgehead atoms. The molecule has 0 aromatic heterocycles. The van der Waals surface area contributed by atoms with Crippen molar-refractivity contribution in [3.63, 3.8) is 0 Å². The second kappa shape index (κ2) is 10.0. The molecule has 1 aliphatic rings. The Hall–Kier alpha value is -1.69. The summed E-state index contributed by atoms with van der Waals surface area (Å²) in [6, 6.07) is 15.8. The second-order valence-corrected chi connectivity index (χ2v) is 7.95. The minimum Gasteiger partial charge on any atom is -0.496 e. The van der Waals surface area contributed by atoms with Crippen molar-refractivity contribution in [3.05, 3.63) is 59.1 Å². The molecular weight excluding hydrogens is 380 g/mol. The van der Waals surface area contributed by atoms with Crippen molar-refractivity contribution in [1.29, 1.82) is 0 Å². The van der Waals surface area contributed by atoms with Crippen LogP contribution in [0.4, 0.5) is 0 Å².